The molecule has 0 unspecified atom stereocenters. The van der Waals surface area contributed by atoms with E-state index in [0.29, 0.717) is 10.0 Å². The van der Waals surface area contributed by atoms with E-state index in [0.717, 1.165) is 13.6 Å². The topological polar surface area (TPSA) is 17.1 Å². The second-order valence-electron chi connectivity index (χ2n) is 3.96. The first kappa shape index (κ1) is 15.1. The van der Waals surface area contributed by atoms with Crippen molar-refractivity contribution in [3.8, 4) is 0 Å². The molecule has 0 radical (unpaired) electrons. The van der Waals surface area contributed by atoms with Gasteiger partial charge in [-0.25, -0.2) is 4.39 Å². The number of hydrogen-bond acceptors (Lipinski definition) is 1. The maximum absolute atomic E-state index is 13.0. The minimum atomic E-state index is -0.321. The zero-order valence-corrected chi connectivity index (χ0v) is 14.9. The van der Waals surface area contributed by atoms with Crippen molar-refractivity contribution in [2.45, 2.75) is 6.42 Å². The minimum Gasteiger partial charge on any atom is -0.294 e. The largest absolute Gasteiger partial charge is 0.294 e. The van der Waals surface area contributed by atoms with Crippen molar-refractivity contribution in [3.05, 3.63) is 65.9 Å². The van der Waals surface area contributed by atoms with Crippen molar-refractivity contribution in [1.82, 2.24) is 0 Å². The van der Waals surface area contributed by atoms with Gasteiger partial charge in [0.25, 0.3) is 0 Å². The Morgan fingerprint density at radius 2 is 1.84 bits per heavy atom. The summed E-state index contributed by atoms with van der Waals surface area (Å²) in [5, 5.41) is 0. The molecule has 0 heterocycles. The van der Waals surface area contributed by atoms with Gasteiger partial charge in [0.15, 0.2) is 5.78 Å². The molecule has 1 nitrogen and oxygen atoms in total. The average Bonchev–Trinajstić information content (AvgIpc) is 2.35. The Hall–Kier alpha value is -0.270. The summed E-state index contributed by atoms with van der Waals surface area (Å²) in [6.45, 7) is 0. The first-order chi connectivity index (χ1) is 8.97. The smallest absolute Gasteiger partial charge is 0.168 e. The molecule has 0 aliphatic rings. The SMILES string of the molecule is O=C(Cc1ccc(F)cc1Br)c1cc(I)ccc1Br. The van der Waals surface area contributed by atoms with Gasteiger partial charge in [0.1, 0.15) is 5.82 Å². The Bertz CT molecular complexity index is 643. The molecule has 5 heteroatoms. The highest BCUT2D eigenvalue weighted by Crippen LogP contribution is 2.24. The van der Waals surface area contributed by atoms with Gasteiger partial charge in [0.05, 0.1) is 0 Å². The van der Waals surface area contributed by atoms with Gasteiger partial charge in [-0.2, -0.15) is 0 Å². The second-order valence-corrected chi connectivity index (χ2v) is 6.91. The maximum atomic E-state index is 13.0. The fourth-order valence-electron chi connectivity index (χ4n) is 1.64. The molecule has 19 heavy (non-hydrogen) atoms. The lowest BCUT2D eigenvalue weighted by molar-refractivity contribution is 0.0992. The van der Waals surface area contributed by atoms with Crippen LogP contribution in [-0.4, -0.2) is 5.78 Å². The third-order valence-electron chi connectivity index (χ3n) is 2.59. The van der Waals surface area contributed by atoms with Crippen LogP contribution in [0.15, 0.2) is 45.3 Å². The van der Waals surface area contributed by atoms with Crippen LogP contribution in [0, 0.1) is 9.39 Å². The number of Topliss-reactive ketones (excluding diaryl/α,β-unsaturated/α-hetero) is 1. The van der Waals surface area contributed by atoms with Crippen molar-refractivity contribution < 1.29 is 9.18 Å². The highest BCUT2D eigenvalue weighted by atomic mass is 127. The van der Waals surface area contributed by atoms with Gasteiger partial charge in [0, 0.05) is 24.5 Å². The molecule has 2 rings (SSSR count). The summed E-state index contributed by atoms with van der Waals surface area (Å²) < 4.78 is 15.4. The van der Waals surface area contributed by atoms with Crippen molar-refractivity contribution in [3.63, 3.8) is 0 Å². The van der Waals surface area contributed by atoms with Gasteiger partial charge in [-0.1, -0.05) is 37.9 Å². The van der Waals surface area contributed by atoms with E-state index in [1.807, 2.05) is 18.2 Å². The lowest BCUT2D eigenvalue weighted by Gasteiger charge is -2.06. The standard InChI is InChI=1S/C14H8Br2FIO/c15-12-4-3-10(18)7-11(12)14(19)5-8-1-2-9(17)6-13(8)16/h1-4,6-7H,5H2. The van der Waals surface area contributed by atoms with E-state index in [9.17, 15) is 9.18 Å². The van der Waals surface area contributed by atoms with Crippen LogP contribution in [-0.2, 0) is 6.42 Å². The van der Waals surface area contributed by atoms with Gasteiger partial charge in [0.2, 0.25) is 0 Å². The molecule has 2 aromatic rings. The third-order valence-corrected chi connectivity index (χ3v) is 4.70. The van der Waals surface area contributed by atoms with Gasteiger partial charge < -0.3 is 0 Å². The fraction of sp³-hybridized carbons (Fsp3) is 0.0714. The third kappa shape index (κ3) is 3.86. The maximum Gasteiger partial charge on any atom is 0.168 e. The van der Waals surface area contributed by atoms with Gasteiger partial charge >= 0.3 is 0 Å². The Kier molecular flexibility index (Phi) is 5.14. The number of carbonyl (C=O) groups excluding carboxylic acids is 1. The minimum absolute atomic E-state index is 0.00213. The highest BCUT2D eigenvalue weighted by molar-refractivity contribution is 14.1. The summed E-state index contributed by atoms with van der Waals surface area (Å²) in [6.07, 6.45) is 0.236. The van der Waals surface area contributed by atoms with E-state index < -0.39 is 0 Å². The molecule has 0 saturated carbocycles. The molecule has 0 spiro atoms. The van der Waals surface area contributed by atoms with E-state index in [2.05, 4.69) is 54.5 Å². The van der Waals surface area contributed by atoms with Crippen LogP contribution in [0.1, 0.15) is 15.9 Å². The van der Waals surface area contributed by atoms with Crippen molar-refractivity contribution in [1.29, 1.82) is 0 Å². The van der Waals surface area contributed by atoms with Crippen LogP contribution in [0.25, 0.3) is 0 Å². The van der Waals surface area contributed by atoms with Crippen LogP contribution < -0.4 is 0 Å². The summed E-state index contributed by atoms with van der Waals surface area (Å²) in [4.78, 5) is 12.3. The van der Waals surface area contributed by atoms with Crippen LogP contribution in [0.2, 0.25) is 0 Å². The number of halogens is 4. The summed E-state index contributed by atoms with van der Waals surface area (Å²) in [7, 11) is 0. The molecule has 0 aliphatic heterocycles. The van der Waals surface area contributed by atoms with Gasteiger partial charge in [-0.05, 0) is 58.5 Å². The van der Waals surface area contributed by atoms with Crippen LogP contribution in [0.3, 0.4) is 0 Å². The summed E-state index contributed by atoms with van der Waals surface area (Å²) in [5.41, 5.74) is 1.42. The molecule has 0 bridgehead atoms. The Balaban J connectivity index is 2.28. The first-order valence-corrected chi connectivity index (χ1v) is 8.06. The molecule has 2 aromatic carbocycles. The lowest BCUT2D eigenvalue weighted by Crippen LogP contribution is -2.05. The zero-order valence-electron chi connectivity index (χ0n) is 9.59. The molecule has 0 amide bonds. The van der Waals surface area contributed by atoms with E-state index in [1.165, 1.54) is 12.1 Å². The molecule has 0 atom stereocenters. The predicted molar refractivity (Wildman–Crippen MR) is 89.0 cm³/mol. The highest BCUT2D eigenvalue weighted by Gasteiger charge is 2.13. The fourth-order valence-corrected chi connectivity index (χ4v) is 3.09. The van der Waals surface area contributed by atoms with Gasteiger partial charge in [-0.15, -0.1) is 0 Å². The summed E-state index contributed by atoms with van der Waals surface area (Å²) in [5.74, 6) is -0.323. The monoisotopic (exact) mass is 496 g/mol. The van der Waals surface area contributed by atoms with E-state index >= 15 is 0 Å². The van der Waals surface area contributed by atoms with Crippen molar-refractivity contribution in [2.24, 2.45) is 0 Å². The molecule has 98 valence electrons. The average molecular weight is 498 g/mol. The Morgan fingerprint density at radius 1 is 1.11 bits per heavy atom. The second kappa shape index (κ2) is 6.45. The summed E-state index contributed by atoms with van der Waals surface area (Å²) >= 11 is 8.82. The summed E-state index contributed by atoms with van der Waals surface area (Å²) in [6, 6.07) is 9.97. The van der Waals surface area contributed by atoms with E-state index in [-0.39, 0.29) is 18.0 Å². The molecular formula is C14H8Br2FIO. The quantitative estimate of drug-likeness (QED) is 0.411. The normalized spacial score (nSPS) is 10.5. The number of benzene rings is 2. The molecule has 0 saturated heterocycles. The van der Waals surface area contributed by atoms with E-state index in [4.69, 9.17) is 0 Å². The number of ketones is 1. The van der Waals surface area contributed by atoms with Crippen LogP contribution >= 0.6 is 54.5 Å². The molecule has 0 aliphatic carbocycles. The zero-order chi connectivity index (χ0) is 14.0. The molecule has 0 N–H and O–H groups in total. The number of rotatable bonds is 3. The van der Waals surface area contributed by atoms with Crippen molar-refractivity contribution in [2.75, 3.05) is 0 Å². The Morgan fingerprint density at radius 3 is 2.53 bits per heavy atom. The van der Waals surface area contributed by atoms with Crippen LogP contribution in [0.4, 0.5) is 4.39 Å². The van der Waals surface area contributed by atoms with Crippen molar-refractivity contribution >= 4 is 60.2 Å². The first-order valence-electron chi connectivity index (χ1n) is 5.39. The Labute approximate surface area is 141 Å². The number of carbonyl (C=O) groups is 1. The molecule has 0 fully saturated rings. The lowest BCUT2D eigenvalue weighted by atomic mass is 10.0. The van der Waals surface area contributed by atoms with Crippen LogP contribution in [0.5, 0.6) is 0 Å². The predicted octanol–water partition coefficient (Wildman–Crippen LogP) is 5.38. The molecular weight excluding hydrogens is 490 g/mol. The number of hydrogen-bond donors (Lipinski definition) is 0. The molecule has 0 aromatic heterocycles. The van der Waals surface area contributed by atoms with E-state index in [1.54, 1.807) is 6.07 Å². The van der Waals surface area contributed by atoms with Gasteiger partial charge in [-0.3, -0.25) is 4.79 Å².